The van der Waals surface area contributed by atoms with Crippen molar-refractivity contribution in [2.45, 2.75) is 30.2 Å². The number of hydrogen-bond acceptors (Lipinski definition) is 7. The number of rotatable bonds is 7. The van der Waals surface area contributed by atoms with Gasteiger partial charge in [-0.15, -0.1) is 16.8 Å². The molecule has 0 saturated carbocycles. The van der Waals surface area contributed by atoms with E-state index in [9.17, 15) is 0 Å². The Morgan fingerprint density at radius 1 is 1.33 bits per heavy atom. The summed E-state index contributed by atoms with van der Waals surface area (Å²) >= 11 is 1.47. The van der Waals surface area contributed by atoms with Crippen LogP contribution in [0.3, 0.4) is 0 Å². The summed E-state index contributed by atoms with van der Waals surface area (Å²) in [4.78, 5) is 8.70. The Balaban J connectivity index is 2.30. The van der Waals surface area contributed by atoms with E-state index in [4.69, 9.17) is 0 Å². The molecule has 0 aliphatic rings. The number of nitrogens with one attached hydrogen (secondary N) is 2. The molecular weight excluding hydrogens is 286 g/mol. The molecule has 0 fully saturated rings. The SMILES string of the molecule is C=CCn1c(CNC)nnc1Sc1cc(C)nc(NC)n1. The summed E-state index contributed by atoms with van der Waals surface area (Å²) in [7, 11) is 3.68. The largest absolute Gasteiger partial charge is 0.357 e. The molecule has 0 bridgehead atoms. The first-order valence-corrected chi connectivity index (χ1v) is 7.38. The third-order valence-corrected chi connectivity index (χ3v) is 3.59. The monoisotopic (exact) mass is 305 g/mol. The molecule has 7 nitrogen and oxygen atoms in total. The lowest BCUT2D eigenvalue weighted by Crippen LogP contribution is -2.12. The maximum atomic E-state index is 4.42. The molecule has 0 aromatic carbocycles. The molecule has 21 heavy (non-hydrogen) atoms. The minimum atomic E-state index is 0.600. The second-order valence-corrected chi connectivity index (χ2v) is 5.34. The molecule has 0 saturated heterocycles. The van der Waals surface area contributed by atoms with Crippen molar-refractivity contribution in [3.8, 4) is 0 Å². The molecular formula is C13H19N7S. The number of anilines is 1. The fourth-order valence-electron chi connectivity index (χ4n) is 1.79. The zero-order valence-corrected chi connectivity index (χ0v) is 13.2. The zero-order chi connectivity index (χ0) is 15.2. The topological polar surface area (TPSA) is 80.5 Å². The molecule has 2 aromatic rings. The van der Waals surface area contributed by atoms with E-state index < -0.39 is 0 Å². The predicted octanol–water partition coefficient (Wildman–Crippen LogP) is 1.47. The molecule has 0 radical (unpaired) electrons. The van der Waals surface area contributed by atoms with Gasteiger partial charge in [0.1, 0.15) is 10.9 Å². The second-order valence-electron chi connectivity index (χ2n) is 4.35. The van der Waals surface area contributed by atoms with Crippen LogP contribution in [0, 0.1) is 6.92 Å². The summed E-state index contributed by atoms with van der Waals surface area (Å²) in [6.07, 6.45) is 1.83. The molecule has 0 aliphatic carbocycles. The predicted molar refractivity (Wildman–Crippen MR) is 83.4 cm³/mol. The van der Waals surface area contributed by atoms with Crippen LogP contribution < -0.4 is 10.6 Å². The number of aryl methyl sites for hydroxylation is 1. The normalized spacial score (nSPS) is 10.6. The van der Waals surface area contributed by atoms with Crippen molar-refractivity contribution < 1.29 is 0 Å². The van der Waals surface area contributed by atoms with Gasteiger partial charge in [0.25, 0.3) is 0 Å². The molecule has 2 aromatic heterocycles. The standard InChI is InChI=1S/C13H19N7S/c1-5-6-20-10(8-14-3)18-19-13(20)21-11-7-9(2)16-12(15-4)17-11/h5,7,14H,1,6,8H2,2-4H3,(H,15,16,17). The van der Waals surface area contributed by atoms with Gasteiger partial charge in [-0.05, 0) is 31.8 Å². The maximum Gasteiger partial charge on any atom is 0.223 e. The number of hydrogen-bond donors (Lipinski definition) is 2. The van der Waals surface area contributed by atoms with Gasteiger partial charge in [-0.1, -0.05) is 6.08 Å². The first-order chi connectivity index (χ1) is 10.2. The van der Waals surface area contributed by atoms with Crippen molar-refractivity contribution in [3.05, 3.63) is 30.2 Å². The molecule has 0 amide bonds. The van der Waals surface area contributed by atoms with Crippen LogP contribution in [0.15, 0.2) is 28.9 Å². The Morgan fingerprint density at radius 2 is 2.14 bits per heavy atom. The van der Waals surface area contributed by atoms with Gasteiger partial charge in [0.15, 0.2) is 5.16 Å². The Morgan fingerprint density at radius 3 is 2.81 bits per heavy atom. The highest BCUT2D eigenvalue weighted by Gasteiger charge is 2.13. The van der Waals surface area contributed by atoms with Gasteiger partial charge in [-0.2, -0.15) is 0 Å². The van der Waals surface area contributed by atoms with Gasteiger partial charge in [0.2, 0.25) is 5.95 Å². The van der Waals surface area contributed by atoms with Gasteiger partial charge < -0.3 is 15.2 Å². The Kier molecular flexibility index (Phi) is 5.29. The van der Waals surface area contributed by atoms with Crippen LogP contribution in [0.1, 0.15) is 11.5 Å². The maximum absolute atomic E-state index is 4.42. The first kappa shape index (κ1) is 15.5. The molecule has 0 atom stereocenters. The smallest absolute Gasteiger partial charge is 0.223 e. The van der Waals surface area contributed by atoms with Crippen molar-refractivity contribution in [2.75, 3.05) is 19.4 Å². The van der Waals surface area contributed by atoms with Crippen molar-refractivity contribution >= 4 is 17.7 Å². The number of allylic oxidation sites excluding steroid dienone is 1. The lowest BCUT2D eigenvalue weighted by atomic mass is 10.5. The Labute approximate surface area is 128 Å². The van der Waals surface area contributed by atoms with Crippen LogP contribution in [0.5, 0.6) is 0 Å². The van der Waals surface area contributed by atoms with Crippen LogP contribution in [-0.2, 0) is 13.1 Å². The fraction of sp³-hybridized carbons (Fsp3) is 0.385. The third-order valence-electron chi connectivity index (χ3n) is 2.69. The highest BCUT2D eigenvalue weighted by Crippen LogP contribution is 2.26. The van der Waals surface area contributed by atoms with E-state index >= 15 is 0 Å². The summed E-state index contributed by atoms with van der Waals surface area (Å²) in [6.45, 7) is 7.04. The van der Waals surface area contributed by atoms with Crippen molar-refractivity contribution in [1.29, 1.82) is 0 Å². The fourth-order valence-corrected chi connectivity index (χ4v) is 2.71. The molecule has 8 heteroatoms. The highest BCUT2D eigenvalue weighted by atomic mass is 32.2. The lowest BCUT2D eigenvalue weighted by Gasteiger charge is -2.08. The number of nitrogens with zero attached hydrogens (tertiary/aromatic N) is 5. The van der Waals surface area contributed by atoms with Gasteiger partial charge in [0.05, 0.1) is 6.54 Å². The highest BCUT2D eigenvalue weighted by molar-refractivity contribution is 7.99. The van der Waals surface area contributed by atoms with Crippen LogP contribution in [0.25, 0.3) is 0 Å². The number of aromatic nitrogens is 5. The van der Waals surface area contributed by atoms with Crippen molar-refractivity contribution in [2.24, 2.45) is 0 Å². The molecule has 2 rings (SSSR count). The summed E-state index contributed by atoms with van der Waals surface area (Å²) in [6, 6.07) is 1.93. The van der Waals surface area contributed by atoms with E-state index in [0.29, 0.717) is 19.0 Å². The van der Waals surface area contributed by atoms with Gasteiger partial charge in [0, 0.05) is 19.3 Å². The van der Waals surface area contributed by atoms with Crippen molar-refractivity contribution in [1.82, 2.24) is 30.0 Å². The second kappa shape index (κ2) is 7.19. The first-order valence-electron chi connectivity index (χ1n) is 6.56. The molecule has 0 unspecified atom stereocenters. The van der Waals surface area contributed by atoms with E-state index in [1.807, 2.05) is 30.7 Å². The minimum absolute atomic E-state index is 0.600. The summed E-state index contributed by atoms with van der Waals surface area (Å²) in [5, 5.41) is 16.1. The van der Waals surface area contributed by atoms with E-state index in [1.165, 1.54) is 11.8 Å². The zero-order valence-electron chi connectivity index (χ0n) is 12.4. The quantitative estimate of drug-likeness (QED) is 0.592. The average Bonchev–Trinajstić information content (AvgIpc) is 2.82. The van der Waals surface area contributed by atoms with Gasteiger partial charge in [-0.25, -0.2) is 9.97 Å². The lowest BCUT2D eigenvalue weighted by molar-refractivity contribution is 0.646. The van der Waals surface area contributed by atoms with Crippen LogP contribution in [-0.4, -0.2) is 38.8 Å². The molecule has 2 heterocycles. The third kappa shape index (κ3) is 3.79. The van der Waals surface area contributed by atoms with E-state index in [-0.39, 0.29) is 0 Å². The minimum Gasteiger partial charge on any atom is -0.357 e. The summed E-state index contributed by atoms with van der Waals surface area (Å²) in [5.41, 5.74) is 0.905. The molecule has 2 N–H and O–H groups in total. The average molecular weight is 305 g/mol. The van der Waals surface area contributed by atoms with E-state index in [2.05, 4.69) is 37.4 Å². The van der Waals surface area contributed by atoms with Gasteiger partial charge in [-0.3, -0.25) is 0 Å². The summed E-state index contributed by atoms with van der Waals surface area (Å²) < 4.78 is 2.02. The van der Waals surface area contributed by atoms with Gasteiger partial charge >= 0.3 is 0 Å². The Bertz CT molecular complexity index is 623. The van der Waals surface area contributed by atoms with Crippen molar-refractivity contribution in [3.63, 3.8) is 0 Å². The van der Waals surface area contributed by atoms with Crippen LogP contribution in [0.4, 0.5) is 5.95 Å². The molecule has 0 spiro atoms. The van der Waals surface area contributed by atoms with E-state index in [0.717, 1.165) is 21.7 Å². The summed E-state index contributed by atoms with van der Waals surface area (Å²) in [5.74, 6) is 1.47. The Hall–Kier alpha value is -1.93. The van der Waals surface area contributed by atoms with Crippen LogP contribution >= 0.6 is 11.8 Å². The molecule has 0 aliphatic heterocycles. The van der Waals surface area contributed by atoms with Crippen LogP contribution in [0.2, 0.25) is 0 Å². The molecule has 112 valence electrons. The van der Waals surface area contributed by atoms with E-state index in [1.54, 1.807) is 7.05 Å².